The van der Waals surface area contributed by atoms with Crippen LogP contribution in [0.1, 0.15) is 5.56 Å². The fourth-order valence-electron chi connectivity index (χ4n) is 2.78. The predicted molar refractivity (Wildman–Crippen MR) is 93.7 cm³/mol. The third kappa shape index (κ3) is 3.47. The topological polar surface area (TPSA) is 109 Å². The maximum absolute atomic E-state index is 13.4. The van der Waals surface area contributed by atoms with E-state index in [4.69, 9.17) is 4.52 Å². The Morgan fingerprint density at radius 1 is 1.22 bits per heavy atom. The maximum atomic E-state index is 13.4. The molecule has 0 saturated carbocycles. The van der Waals surface area contributed by atoms with Crippen molar-refractivity contribution in [2.24, 2.45) is 5.92 Å². The summed E-state index contributed by atoms with van der Waals surface area (Å²) >= 11 is 0. The number of amides is 2. The van der Waals surface area contributed by atoms with E-state index in [-0.39, 0.29) is 12.4 Å². The fourth-order valence-corrected chi connectivity index (χ4v) is 2.78. The number of benzene rings is 2. The Kier molecular flexibility index (Phi) is 4.25. The number of carbonyl (C=O) groups is 2. The summed E-state index contributed by atoms with van der Waals surface area (Å²) in [7, 11) is 0. The van der Waals surface area contributed by atoms with Crippen LogP contribution in [-0.4, -0.2) is 22.0 Å². The molecular weight excluding hydrogens is 353 g/mol. The molecular formula is C18H14FN5O3. The smallest absolute Gasteiger partial charge is 0.325 e. The number of nitrogens with zero attached hydrogens (tertiary/aromatic N) is 2. The first kappa shape index (κ1) is 16.7. The molecule has 2 amide bonds. The fraction of sp³-hybridized carbons (Fsp3) is 0.111. The summed E-state index contributed by atoms with van der Waals surface area (Å²) in [6.45, 7) is 0. The Bertz CT molecular complexity index is 1010. The lowest BCUT2D eigenvalue weighted by Crippen LogP contribution is -2.44. The Morgan fingerprint density at radius 2 is 2.04 bits per heavy atom. The van der Waals surface area contributed by atoms with Crippen molar-refractivity contribution in [1.29, 1.82) is 0 Å². The molecule has 0 radical (unpaired) electrons. The van der Waals surface area contributed by atoms with E-state index in [0.717, 1.165) is 5.56 Å². The molecule has 3 aromatic rings. The molecule has 3 N–H and O–H groups in total. The Hall–Kier alpha value is -3.75. The van der Waals surface area contributed by atoms with Crippen LogP contribution >= 0.6 is 0 Å². The maximum Gasteiger partial charge on any atom is 0.340 e. The van der Waals surface area contributed by atoms with Gasteiger partial charge in [-0.25, -0.2) is 9.82 Å². The lowest BCUT2D eigenvalue weighted by atomic mass is 9.92. The standard InChI is InChI=1S/C18H14FN5O3/c19-12-6-7-14-11(8-12)9-13(16(25)20-14)17(26)22-23-18-21-15(24-27-18)10-4-2-1-3-5-10/h1-8,13H,9H2,(H,20,25)(H,22,26)(H,21,23,24). The van der Waals surface area contributed by atoms with Crippen molar-refractivity contribution in [3.63, 3.8) is 0 Å². The highest BCUT2D eigenvalue weighted by Gasteiger charge is 2.32. The predicted octanol–water partition coefficient (Wildman–Crippen LogP) is 2.13. The third-order valence-corrected chi connectivity index (χ3v) is 4.13. The summed E-state index contributed by atoms with van der Waals surface area (Å²) in [4.78, 5) is 28.6. The van der Waals surface area contributed by atoms with Gasteiger partial charge in [0.15, 0.2) is 0 Å². The minimum atomic E-state index is -1.01. The number of hydrogen-bond acceptors (Lipinski definition) is 6. The number of carbonyl (C=O) groups excluding carboxylic acids is 2. The highest BCUT2D eigenvalue weighted by atomic mass is 19.1. The summed E-state index contributed by atoms with van der Waals surface area (Å²) in [5, 5.41) is 6.41. The van der Waals surface area contributed by atoms with Gasteiger partial charge in [-0.15, -0.1) is 0 Å². The van der Waals surface area contributed by atoms with Crippen LogP contribution in [0.2, 0.25) is 0 Å². The number of rotatable bonds is 4. The molecule has 2 heterocycles. The van der Waals surface area contributed by atoms with Gasteiger partial charge >= 0.3 is 6.01 Å². The van der Waals surface area contributed by atoms with Crippen LogP contribution in [0.3, 0.4) is 0 Å². The second-order valence-electron chi connectivity index (χ2n) is 5.95. The molecule has 0 spiro atoms. The zero-order chi connectivity index (χ0) is 18.8. The number of aromatic nitrogens is 2. The largest absolute Gasteiger partial charge is 0.340 e. The van der Waals surface area contributed by atoms with Crippen molar-refractivity contribution in [3.05, 3.63) is 59.9 Å². The van der Waals surface area contributed by atoms with Gasteiger partial charge < -0.3 is 9.84 Å². The normalized spacial score (nSPS) is 15.6. The summed E-state index contributed by atoms with van der Waals surface area (Å²) in [6, 6.07) is 13.2. The van der Waals surface area contributed by atoms with Crippen LogP contribution in [0.15, 0.2) is 53.1 Å². The second-order valence-corrected chi connectivity index (χ2v) is 5.95. The second kappa shape index (κ2) is 6.87. The molecule has 4 rings (SSSR count). The molecule has 0 saturated heterocycles. The van der Waals surface area contributed by atoms with Crippen LogP contribution in [0, 0.1) is 11.7 Å². The first-order valence-electron chi connectivity index (χ1n) is 8.14. The van der Waals surface area contributed by atoms with Crippen LogP contribution < -0.4 is 16.2 Å². The lowest BCUT2D eigenvalue weighted by molar-refractivity contribution is -0.132. The van der Waals surface area contributed by atoms with Gasteiger partial charge in [-0.2, -0.15) is 4.98 Å². The van der Waals surface area contributed by atoms with Crippen molar-refractivity contribution in [2.45, 2.75) is 6.42 Å². The number of fused-ring (bicyclic) bond motifs is 1. The molecule has 1 aliphatic heterocycles. The zero-order valence-electron chi connectivity index (χ0n) is 13.9. The Balaban J connectivity index is 1.41. The highest BCUT2D eigenvalue weighted by molar-refractivity contribution is 6.08. The van der Waals surface area contributed by atoms with Gasteiger partial charge in [0.2, 0.25) is 11.7 Å². The van der Waals surface area contributed by atoms with Crippen molar-refractivity contribution in [1.82, 2.24) is 15.6 Å². The van der Waals surface area contributed by atoms with E-state index in [1.54, 1.807) is 0 Å². The quantitative estimate of drug-likeness (QED) is 0.481. The monoisotopic (exact) mass is 367 g/mol. The van der Waals surface area contributed by atoms with E-state index in [0.29, 0.717) is 17.1 Å². The molecule has 27 heavy (non-hydrogen) atoms. The van der Waals surface area contributed by atoms with Gasteiger partial charge in [0, 0.05) is 11.3 Å². The number of hydrazine groups is 1. The minimum Gasteiger partial charge on any atom is -0.325 e. The van der Waals surface area contributed by atoms with Crippen molar-refractivity contribution >= 4 is 23.5 Å². The van der Waals surface area contributed by atoms with E-state index >= 15 is 0 Å². The SMILES string of the molecule is O=C(NNc1nc(-c2ccccc2)no1)C1Cc2cc(F)ccc2NC1=O. The molecule has 136 valence electrons. The number of anilines is 2. The molecule has 1 aliphatic rings. The molecule has 0 bridgehead atoms. The third-order valence-electron chi connectivity index (χ3n) is 4.13. The molecule has 1 atom stereocenters. The van der Waals surface area contributed by atoms with E-state index in [1.807, 2.05) is 30.3 Å². The minimum absolute atomic E-state index is 0.0233. The average molecular weight is 367 g/mol. The number of halogens is 1. The lowest BCUT2D eigenvalue weighted by Gasteiger charge is -2.23. The zero-order valence-corrected chi connectivity index (χ0v) is 13.9. The van der Waals surface area contributed by atoms with Gasteiger partial charge in [0.05, 0.1) is 0 Å². The molecule has 2 aromatic carbocycles. The molecule has 1 aromatic heterocycles. The van der Waals surface area contributed by atoms with Crippen LogP contribution in [-0.2, 0) is 16.0 Å². The number of hydrogen-bond donors (Lipinski definition) is 3. The van der Waals surface area contributed by atoms with E-state index in [9.17, 15) is 14.0 Å². The highest BCUT2D eigenvalue weighted by Crippen LogP contribution is 2.26. The first-order valence-corrected chi connectivity index (χ1v) is 8.14. The Morgan fingerprint density at radius 3 is 2.85 bits per heavy atom. The average Bonchev–Trinajstić information content (AvgIpc) is 3.16. The van der Waals surface area contributed by atoms with E-state index in [2.05, 4.69) is 26.3 Å². The van der Waals surface area contributed by atoms with Crippen LogP contribution in [0.25, 0.3) is 11.4 Å². The van der Waals surface area contributed by atoms with Gasteiger partial charge in [-0.1, -0.05) is 35.5 Å². The van der Waals surface area contributed by atoms with E-state index in [1.165, 1.54) is 18.2 Å². The van der Waals surface area contributed by atoms with Gasteiger partial charge in [-0.3, -0.25) is 15.0 Å². The first-order chi connectivity index (χ1) is 13.1. The molecule has 1 unspecified atom stereocenters. The van der Waals surface area contributed by atoms with E-state index < -0.39 is 23.5 Å². The molecule has 9 heteroatoms. The van der Waals surface area contributed by atoms with Crippen molar-refractivity contribution in [2.75, 3.05) is 10.7 Å². The molecule has 0 aliphatic carbocycles. The summed E-state index contributed by atoms with van der Waals surface area (Å²) in [6.07, 6.45) is 0.0888. The molecule has 0 fully saturated rings. The summed E-state index contributed by atoms with van der Waals surface area (Å²) < 4.78 is 18.4. The van der Waals surface area contributed by atoms with Crippen molar-refractivity contribution in [3.8, 4) is 11.4 Å². The van der Waals surface area contributed by atoms with Crippen LogP contribution in [0.4, 0.5) is 16.1 Å². The summed E-state index contributed by atoms with van der Waals surface area (Å²) in [5.41, 5.74) is 6.68. The van der Waals surface area contributed by atoms with Crippen molar-refractivity contribution < 1.29 is 18.5 Å². The van der Waals surface area contributed by atoms with Crippen LogP contribution in [0.5, 0.6) is 0 Å². The van der Waals surface area contributed by atoms with Gasteiger partial charge in [0.1, 0.15) is 11.7 Å². The van der Waals surface area contributed by atoms with Gasteiger partial charge in [0.25, 0.3) is 5.91 Å². The van der Waals surface area contributed by atoms with Gasteiger partial charge in [-0.05, 0) is 30.2 Å². The number of nitrogens with one attached hydrogen (secondary N) is 3. The Labute approximate surface area is 152 Å². The molecule has 8 nitrogen and oxygen atoms in total. The summed E-state index contributed by atoms with van der Waals surface area (Å²) in [5.74, 6) is -2.15.